The summed E-state index contributed by atoms with van der Waals surface area (Å²) in [5.74, 6) is -0.615. The van der Waals surface area contributed by atoms with E-state index in [-0.39, 0.29) is 18.3 Å². The molecule has 0 radical (unpaired) electrons. The lowest BCUT2D eigenvalue weighted by Crippen LogP contribution is -2.16. The molecule has 186 valence electrons. The molecule has 0 spiro atoms. The maximum atomic E-state index is 13.0. The molecule has 37 heavy (non-hydrogen) atoms. The van der Waals surface area contributed by atoms with Crippen LogP contribution in [0.5, 0.6) is 0 Å². The van der Waals surface area contributed by atoms with Gasteiger partial charge in [0.15, 0.2) is 0 Å². The van der Waals surface area contributed by atoms with Gasteiger partial charge in [0, 0.05) is 26.9 Å². The van der Waals surface area contributed by atoms with Gasteiger partial charge in [-0.3, -0.25) is 4.79 Å². The number of nitrogens with zero attached hydrogens (tertiary/aromatic N) is 2. The van der Waals surface area contributed by atoms with Gasteiger partial charge in [-0.1, -0.05) is 65.8 Å². The predicted molar refractivity (Wildman–Crippen MR) is 153 cm³/mol. The van der Waals surface area contributed by atoms with Crippen LogP contribution in [0.1, 0.15) is 17.3 Å². The van der Waals surface area contributed by atoms with Crippen LogP contribution in [-0.4, -0.2) is 34.2 Å². The van der Waals surface area contributed by atoms with Crippen LogP contribution in [0, 0.1) is 0 Å². The number of hydrogen-bond acceptors (Lipinski definition) is 8. The number of ether oxygens (including phenoxy) is 1. The molecule has 0 aliphatic carbocycles. The predicted octanol–water partition coefficient (Wildman–Crippen LogP) is 7.65. The quantitative estimate of drug-likeness (QED) is 0.118. The highest BCUT2D eigenvalue weighted by molar-refractivity contribution is 8.00. The number of aromatic nitrogens is 2. The van der Waals surface area contributed by atoms with Gasteiger partial charge >= 0.3 is 5.97 Å². The van der Waals surface area contributed by atoms with Crippen molar-refractivity contribution in [3.63, 3.8) is 0 Å². The lowest BCUT2D eigenvalue weighted by atomic mass is 10.0. The highest BCUT2D eigenvalue weighted by atomic mass is 35.5. The fourth-order valence-electron chi connectivity index (χ4n) is 3.78. The van der Waals surface area contributed by atoms with Gasteiger partial charge in [0.05, 0.1) is 17.7 Å². The number of nitrogens with one attached hydrogen (secondary N) is 1. The standard InChI is InChI=1S/C27H20ClN3O3S3/c1-2-34-27(33)23-20(17-8-10-18(28)11-9-17)13-36-26(23)31-21(32)14-37-25-22-19(16-6-4-3-5-7-16)12-35-24(22)29-15-30-25/h3-13,15H,2,14H2,1H3,(H,31,32). The average molecular weight is 566 g/mol. The van der Waals surface area contributed by atoms with Crippen molar-refractivity contribution in [2.24, 2.45) is 0 Å². The zero-order chi connectivity index (χ0) is 25.8. The fourth-order valence-corrected chi connectivity index (χ4v) is 6.67. The van der Waals surface area contributed by atoms with E-state index in [9.17, 15) is 9.59 Å². The average Bonchev–Trinajstić information content (AvgIpc) is 3.53. The van der Waals surface area contributed by atoms with Gasteiger partial charge in [0.25, 0.3) is 0 Å². The molecular formula is C27H20ClN3O3S3. The molecule has 0 unspecified atom stereocenters. The van der Waals surface area contributed by atoms with Gasteiger partial charge in [0.2, 0.25) is 5.91 Å². The highest BCUT2D eigenvalue weighted by Gasteiger charge is 2.23. The van der Waals surface area contributed by atoms with Gasteiger partial charge in [0.1, 0.15) is 26.7 Å². The number of thioether (sulfide) groups is 1. The van der Waals surface area contributed by atoms with E-state index >= 15 is 0 Å². The molecule has 0 bridgehead atoms. The van der Waals surface area contributed by atoms with Crippen LogP contribution >= 0.6 is 46.0 Å². The number of fused-ring (bicyclic) bond motifs is 1. The van der Waals surface area contributed by atoms with E-state index in [1.165, 1.54) is 29.4 Å². The number of esters is 1. The van der Waals surface area contributed by atoms with Crippen molar-refractivity contribution < 1.29 is 14.3 Å². The molecule has 6 nitrogen and oxygen atoms in total. The lowest BCUT2D eigenvalue weighted by molar-refractivity contribution is -0.113. The van der Waals surface area contributed by atoms with Crippen LogP contribution < -0.4 is 5.32 Å². The molecule has 0 fully saturated rings. The third kappa shape index (κ3) is 5.55. The molecule has 3 heterocycles. The summed E-state index contributed by atoms with van der Waals surface area (Å²) in [5, 5.41) is 9.52. The maximum Gasteiger partial charge on any atom is 0.341 e. The number of carbonyl (C=O) groups is 2. The van der Waals surface area contributed by atoms with E-state index in [2.05, 4.69) is 20.7 Å². The summed E-state index contributed by atoms with van der Waals surface area (Å²) < 4.78 is 5.29. The second-order valence-electron chi connectivity index (χ2n) is 7.79. The maximum absolute atomic E-state index is 13.0. The Morgan fingerprint density at radius 3 is 2.46 bits per heavy atom. The summed E-state index contributed by atoms with van der Waals surface area (Å²) >= 11 is 10.2. The van der Waals surface area contributed by atoms with Crippen LogP contribution in [0.4, 0.5) is 5.00 Å². The Balaban J connectivity index is 1.38. The summed E-state index contributed by atoms with van der Waals surface area (Å²) in [4.78, 5) is 35.6. The summed E-state index contributed by atoms with van der Waals surface area (Å²) in [7, 11) is 0. The minimum absolute atomic E-state index is 0.118. The smallest absolute Gasteiger partial charge is 0.341 e. The van der Waals surface area contributed by atoms with Crippen molar-refractivity contribution in [2.45, 2.75) is 11.9 Å². The molecule has 1 amide bonds. The van der Waals surface area contributed by atoms with Gasteiger partial charge in [-0.15, -0.1) is 22.7 Å². The third-order valence-electron chi connectivity index (χ3n) is 5.44. The van der Waals surface area contributed by atoms with Gasteiger partial charge in [-0.2, -0.15) is 0 Å². The third-order valence-corrected chi connectivity index (χ3v) is 8.46. The number of thiophene rings is 2. The van der Waals surface area contributed by atoms with Gasteiger partial charge < -0.3 is 10.1 Å². The Morgan fingerprint density at radius 1 is 0.973 bits per heavy atom. The van der Waals surface area contributed by atoms with Gasteiger partial charge in [-0.05, 0) is 30.2 Å². The van der Waals surface area contributed by atoms with Crippen molar-refractivity contribution >= 4 is 73.1 Å². The highest BCUT2D eigenvalue weighted by Crippen LogP contribution is 2.39. The van der Waals surface area contributed by atoms with Crippen LogP contribution in [0.25, 0.3) is 32.5 Å². The summed E-state index contributed by atoms with van der Waals surface area (Å²) in [6.07, 6.45) is 1.52. The number of rotatable bonds is 8. The van der Waals surface area contributed by atoms with E-state index in [0.717, 1.165) is 31.9 Å². The van der Waals surface area contributed by atoms with Crippen LogP contribution in [0.2, 0.25) is 5.02 Å². The number of amides is 1. The first-order valence-corrected chi connectivity index (χ1v) is 14.4. The lowest BCUT2D eigenvalue weighted by Gasteiger charge is -2.09. The van der Waals surface area contributed by atoms with E-state index in [4.69, 9.17) is 16.3 Å². The number of hydrogen-bond donors (Lipinski definition) is 1. The van der Waals surface area contributed by atoms with Gasteiger partial charge in [-0.25, -0.2) is 14.8 Å². The normalized spacial score (nSPS) is 11.0. The minimum Gasteiger partial charge on any atom is -0.462 e. The topological polar surface area (TPSA) is 81.2 Å². The first-order valence-electron chi connectivity index (χ1n) is 11.3. The van der Waals surface area contributed by atoms with Crippen molar-refractivity contribution in [3.05, 3.63) is 82.3 Å². The largest absolute Gasteiger partial charge is 0.462 e. The zero-order valence-corrected chi connectivity index (χ0v) is 22.8. The Morgan fingerprint density at radius 2 is 1.70 bits per heavy atom. The molecule has 0 aliphatic rings. The second kappa shape index (κ2) is 11.4. The monoisotopic (exact) mass is 565 g/mol. The molecule has 1 N–H and O–H groups in total. The summed E-state index contributed by atoms with van der Waals surface area (Å²) in [5.41, 5.74) is 3.95. The zero-order valence-electron chi connectivity index (χ0n) is 19.6. The van der Waals surface area contributed by atoms with E-state index in [1.807, 2.05) is 47.8 Å². The van der Waals surface area contributed by atoms with E-state index in [0.29, 0.717) is 21.2 Å². The Kier molecular flexibility index (Phi) is 7.85. The van der Waals surface area contributed by atoms with Crippen molar-refractivity contribution in [1.29, 1.82) is 0 Å². The fraction of sp³-hybridized carbons (Fsp3) is 0.111. The Hall–Kier alpha value is -3.24. The molecule has 0 atom stereocenters. The molecule has 0 saturated carbocycles. The Bertz CT molecular complexity index is 1570. The van der Waals surface area contributed by atoms with Crippen molar-refractivity contribution in [1.82, 2.24) is 9.97 Å². The molecular weight excluding hydrogens is 546 g/mol. The molecule has 3 aromatic heterocycles. The number of benzene rings is 2. The molecule has 0 aliphatic heterocycles. The molecule has 5 aromatic rings. The molecule has 2 aromatic carbocycles. The molecule has 5 rings (SSSR count). The van der Waals surface area contributed by atoms with Crippen LogP contribution in [-0.2, 0) is 9.53 Å². The molecule has 0 saturated heterocycles. The van der Waals surface area contributed by atoms with Crippen molar-refractivity contribution in [3.8, 4) is 22.3 Å². The van der Waals surface area contributed by atoms with Crippen LogP contribution in [0.3, 0.4) is 0 Å². The Labute approximate surface area is 230 Å². The van der Waals surface area contributed by atoms with Crippen LogP contribution in [0.15, 0.2) is 76.7 Å². The van der Waals surface area contributed by atoms with Crippen molar-refractivity contribution in [2.75, 3.05) is 17.7 Å². The summed E-state index contributed by atoms with van der Waals surface area (Å²) in [6.45, 7) is 1.98. The SMILES string of the molecule is CCOC(=O)c1c(-c2ccc(Cl)cc2)csc1NC(=O)CSc1ncnc2scc(-c3ccccc3)c12. The second-order valence-corrected chi connectivity index (χ2v) is 10.9. The number of halogens is 1. The van der Waals surface area contributed by atoms with E-state index in [1.54, 1.807) is 30.4 Å². The summed E-state index contributed by atoms with van der Waals surface area (Å²) in [6, 6.07) is 17.2. The first kappa shape index (κ1) is 25.4. The number of carbonyl (C=O) groups excluding carboxylic acids is 2. The molecule has 10 heteroatoms. The number of anilines is 1. The first-order chi connectivity index (χ1) is 18.0. The minimum atomic E-state index is -0.486. The van der Waals surface area contributed by atoms with E-state index < -0.39 is 5.97 Å².